The molecule has 0 bridgehead atoms. The minimum Gasteiger partial charge on any atom is -0.458 e. The highest BCUT2D eigenvalue weighted by atomic mass is 15.2. The molecule has 0 aromatic heterocycles. The van der Waals surface area contributed by atoms with Crippen LogP contribution in [0.15, 0.2) is 0 Å². The molecule has 1 atom stereocenters. The molecule has 0 unspecified atom stereocenters. The lowest BCUT2D eigenvalue weighted by Crippen LogP contribution is -2.30. The summed E-state index contributed by atoms with van der Waals surface area (Å²) in [4.78, 5) is 2.12. The summed E-state index contributed by atoms with van der Waals surface area (Å²) in [6, 6.07) is 0.701. The van der Waals surface area contributed by atoms with Gasteiger partial charge in [0.1, 0.15) is 0 Å². The molecule has 0 amide bonds. The fourth-order valence-corrected chi connectivity index (χ4v) is 1.29. The van der Waals surface area contributed by atoms with Crippen molar-refractivity contribution in [1.82, 2.24) is 10.2 Å². The largest absolute Gasteiger partial charge is 0.458 e. The fraction of sp³-hybridized carbons (Fsp3) is 0.857. The summed E-state index contributed by atoms with van der Waals surface area (Å²) in [5, 5.41) is 3.39. The van der Waals surface area contributed by atoms with Crippen LogP contribution >= 0.6 is 0 Å². The lowest BCUT2D eigenvalue weighted by molar-refractivity contribution is 0.438. The molecule has 1 saturated heterocycles. The van der Waals surface area contributed by atoms with Crippen LogP contribution in [-0.4, -0.2) is 30.6 Å². The topological polar surface area (TPSA) is 15.3 Å². The van der Waals surface area contributed by atoms with Crippen LogP contribution in [0.3, 0.4) is 0 Å². The summed E-state index contributed by atoms with van der Waals surface area (Å²) in [5.74, 6) is 0. The van der Waals surface area contributed by atoms with Gasteiger partial charge in [0, 0.05) is 6.04 Å². The monoisotopic (exact) mass is 127 g/mol. The molecule has 1 N–H and O–H groups in total. The quantitative estimate of drug-likeness (QED) is 0.542. The summed E-state index contributed by atoms with van der Waals surface area (Å²) in [6.45, 7) is 5.50. The van der Waals surface area contributed by atoms with Crippen LogP contribution in [0.2, 0.25) is 0 Å². The van der Waals surface area contributed by atoms with Gasteiger partial charge in [-0.15, -0.1) is 0 Å². The van der Waals surface area contributed by atoms with Crippen molar-refractivity contribution in [1.29, 1.82) is 0 Å². The molecule has 0 saturated carbocycles. The highest BCUT2D eigenvalue weighted by Crippen LogP contribution is 2.05. The Labute approximate surface area is 57.2 Å². The van der Waals surface area contributed by atoms with E-state index >= 15 is 0 Å². The average Bonchev–Trinajstić information content (AvgIpc) is 2.17. The van der Waals surface area contributed by atoms with Crippen LogP contribution in [0.5, 0.6) is 0 Å². The van der Waals surface area contributed by atoms with Crippen molar-refractivity contribution < 1.29 is 0 Å². The molecule has 0 aliphatic carbocycles. The Bertz CT molecular complexity index is 81.0. The first-order valence-corrected chi connectivity index (χ1v) is 3.61. The fourth-order valence-electron chi connectivity index (χ4n) is 1.29. The molecule has 1 fully saturated rings. The van der Waals surface area contributed by atoms with Gasteiger partial charge >= 0.3 is 0 Å². The highest BCUT2D eigenvalue weighted by Gasteiger charge is 2.13. The van der Waals surface area contributed by atoms with E-state index in [1.165, 1.54) is 6.42 Å². The maximum absolute atomic E-state index is 3.86. The molecule has 0 aromatic carbocycles. The van der Waals surface area contributed by atoms with E-state index in [1.54, 1.807) is 0 Å². The van der Waals surface area contributed by atoms with Gasteiger partial charge in [-0.25, -0.2) is 0 Å². The lowest BCUT2D eigenvalue weighted by atomic mass is 10.3. The number of hydrogen-bond donors (Lipinski definition) is 1. The standard InChI is InChI=1S/C7H15N2/c1-3-8-7-4-5-9(2)6-7/h7-8H,2-6H2,1H3/q-1/t7-/m1/s1. The molecule has 2 heteroatoms. The SMILES string of the molecule is [CH2-]N1CC[C@@H](NCC)C1. The second-order valence-electron chi connectivity index (χ2n) is 2.62. The van der Waals surface area contributed by atoms with Gasteiger partial charge in [0.15, 0.2) is 0 Å². The predicted octanol–water partition coefficient (Wildman–Crippen LogP) is 0.462. The van der Waals surface area contributed by atoms with Crippen LogP contribution in [0.25, 0.3) is 0 Å². The molecule has 1 aliphatic rings. The lowest BCUT2D eigenvalue weighted by Gasteiger charge is -2.16. The molecular weight excluding hydrogens is 112 g/mol. The molecule has 0 aromatic rings. The van der Waals surface area contributed by atoms with Gasteiger partial charge in [-0.3, -0.25) is 7.05 Å². The van der Waals surface area contributed by atoms with E-state index in [1.807, 2.05) is 0 Å². The number of likely N-dealkylation sites (N-methyl/N-ethyl adjacent to an activating group) is 1. The van der Waals surface area contributed by atoms with E-state index in [0.29, 0.717) is 6.04 Å². The third-order valence-electron chi connectivity index (χ3n) is 1.77. The maximum Gasteiger partial charge on any atom is 0.0182 e. The Hall–Kier alpha value is -0.0800. The Morgan fingerprint density at radius 1 is 1.78 bits per heavy atom. The van der Waals surface area contributed by atoms with Crippen molar-refractivity contribution in [2.45, 2.75) is 19.4 Å². The second-order valence-corrected chi connectivity index (χ2v) is 2.62. The van der Waals surface area contributed by atoms with Crippen LogP contribution < -0.4 is 5.32 Å². The van der Waals surface area contributed by atoms with Gasteiger partial charge in [-0.05, 0) is 26.1 Å². The summed E-state index contributed by atoms with van der Waals surface area (Å²) in [7, 11) is 3.86. The summed E-state index contributed by atoms with van der Waals surface area (Å²) in [5.41, 5.74) is 0. The zero-order chi connectivity index (χ0) is 6.69. The molecule has 9 heavy (non-hydrogen) atoms. The molecule has 1 heterocycles. The van der Waals surface area contributed by atoms with Crippen LogP contribution in [-0.2, 0) is 0 Å². The number of nitrogens with one attached hydrogen (secondary N) is 1. The van der Waals surface area contributed by atoms with Crippen LogP contribution in [0.4, 0.5) is 0 Å². The number of nitrogens with zero attached hydrogens (tertiary/aromatic N) is 1. The third-order valence-corrected chi connectivity index (χ3v) is 1.77. The Balaban J connectivity index is 2.14. The summed E-state index contributed by atoms with van der Waals surface area (Å²) in [6.07, 6.45) is 1.26. The van der Waals surface area contributed by atoms with Gasteiger partial charge in [0.05, 0.1) is 0 Å². The zero-order valence-electron chi connectivity index (χ0n) is 6.06. The zero-order valence-corrected chi connectivity index (χ0v) is 6.06. The van der Waals surface area contributed by atoms with Gasteiger partial charge in [-0.2, -0.15) is 0 Å². The molecule has 1 rings (SSSR count). The van der Waals surface area contributed by atoms with E-state index in [-0.39, 0.29) is 0 Å². The molecule has 1 aliphatic heterocycles. The molecule has 2 nitrogen and oxygen atoms in total. The van der Waals surface area contributed by atoms with Crippen molar-refractivity contribution in [2.24, 2.45) is 0 Å². The van der Waals surface area contributed by atoms with Crippen LogP contribution in [0, 0.1) is 7.05 Å². The first-order valence-electron chi connectivity index (χ1n) is 3.61. The van der Waals surface area contributed by atoms with E-state index < -0.39 is 0 Å². The average molecular weight is 127 g/mol. The molecule has 54 valence electrons. The Kier molecular flexibility index (Phi) is 2.49. The van der Waals surface area contributed by atoms with E-state index in [9.17, 15) is 0 Å². The van der Waals surface area contributed by atoms with Crippen molar-refractivity contribution in [2.75, 3.05) is 19.6 Å². The molecular formula is C7H15N2-. The Morgan fingerprint density at radius 3 is 3.00 bits per heavy atom. The maximum atomic E-state index is 3.86. The third kappa shape index (κ3) is 1.95. The molecule has 0 radical (unpaired) electrons. The van der Waals surface area contributed by atoms with Crippen molar-refractivity contribution in [3.05, 3.63) is 7.05 Å². The van der Waals surface area contributed by atoms with Gasteiger partial charge in [0.25, 0.3) is 0 Å². The van der Waals surface area contributed by atoms with Gasteiger partial charge in [-0.1, -0.05) is 6.92 Å². The molecule has 0 spiro atoms. The van der Waals surface area contributed by atoms with Gasteiger partial charge < -0.3 is 10.2 Å². The minimum atomic E-state index is 0.701. The normalized spacial score (nSPS) is 29.3. The summed E-state index contributed by atoms with van der Waals surface area (Å²) < 4.78 is 0. The van der Waals surface area contributed by atoms with E-state index in [4.69, 9.17) is 0 Å². The minimum absolute atomic E-state index is 0.701. The number of rotatable bonds is 2. The number of likely N-dealkylation sites (tertiary alicyclic amines) is 1. The van der Waals surface area contributed by atoms with Gasteiger partial charge in [0.2, 0.25) is 0 Å². The first kappa shape index (κ1) is 7.03. The predicted molar refractivity (Wildman–Crippen MR) is 39.0 cm³/mol. The second kappa shape index (κ2) is 3.18. The van der Waals surface area contributed by atoms with Crippen molar-refractivity contribution in [3.63, 3.8) is 0 Å². The van der Waals surface area contributed by atoms with Crippen LogP contribution in [0.1, 0.15) is 13.3 Å². The summed E-state index contributed by atoms with van der Waals surface area (Å²) >= 11 is 0. The Morgan fingerprint density at radius 2 is 2.56 bits per heavy atom. The highest BCUT2D eigenvalue weighted by molar-refractivity contribution is 4.79. The van der Waals surface area contributed by atoms with E-state index in [2.05, 4.69) is 24.2 Å². The van der Waals surface area contributed by atoms with E-state index in [0.717, 1.165) is 19.6 Å². The van der Waals surface area contributed by atoms with Crippen molar-refractivity contribution in [3.8, 4) is 0 Å². The first-order chi connectivity index (χ1) is 4.33. The smallest absolute Gasteiger partial charge is 0.0182 e. The number of hydrogen-bond acceptors (Lipinski definition) is 2. The van der Waals surface area contributed by atoms with Crippen molar-refractivity contribution >= 4 is 0 Å².